The molecule has 21 heteroatoms. The van der Waals surface area contributed by atoms with Gasteiger partial charge in [-0.2, -0.15) is 0 Å². The third kappa shape index (κ3) is 27.9. The van der Waals surface area contributed by atoms with Gasteiger partial charge in [-0.3, -0.25) is 14.4 Å². The second-order valence-electron chi connectivity index (χ2n) is 28.1. The zero-order chi connectivity index (χ0) is 74.4. The minimum Gasteiger partial charge on any atom is -0.444 e. The molecule has 5 aromatic carbocycles. The molecule has 101 heavy (non-hydrogen) atoms. The van der Waals surface area contributed by atoms with Gasteiger partial charge < -0.3 is 61.3 Å². The number of carbonyl (C=O) groups is 5. The Morgan fingerprint density at radius 1 is 0.416 bits per heavy atom. The molecule has 4 heterocycles. The van der Waals surface area contributed by atoms with Gasteiger partial charge in [-0.15, -0.1) is 0 Å². The van der Waals surface area contributed by atoms with Gasteiger partial charge in [-0.1, -0.05) is 228 Å². The van der Waals surface area contributed by atoms with E-state index in [0.717, 1.165) is 63.7 Å². The number of amides is 4. The third-order valence-electron chi connectivity index (χ3n) is 15.5. The minimum absolute atomic E-state index is 0.0450. The van der Waals surface area contributed by atoms with E-state index in [9.17, 15) is 24.0 Å². The van der Waals surface area contributed by atoms with Crippen LogP contribution in [-0.2, 0) is 19.1 Å². The van der Waals surface area contributed by atoms with Crippen molar-refractivity contribution < 1.29 is 33.4 Å². The van der Waals surface area contributed by atoms with E-state index >= 15 is 0 Å². The molecule has 0 spiro atoms. The van der Waals surface area contributed by atoms with Crippen molar-refractivity contribution in [1.82, 2.24) is 71.8 Å². The molecule has 0 saturated carbocycles. The number of ether oxygens (including phenoxy) is 2. The van der Waals surface area contributed by atoms with Crippen molar-refractivity contribution in [2.45, 2.75) is 166 Å². The molecule has 4 aromatic heterocycles. The molecule has 0 fully saturated rings. The second-order valence-corrected chi connectivity index (χ2v) is 28.1. The summed E-state index contributed by atoms with van der Waals surface area (Å²) in [7, 11) is 1.97. The maximum absolute atomic E-state index is 12.3. The lowest BCUT2D eigenvalue weighted by atomic mass is 10.0. The van der Waals surface area contributed by atoms with Gasteiger partial charge in [-0.25, -0.2) is 29.5 Å². The van der Waals surface area contributed by atoms with Gasteiger partial charge in [0.25, 0.3) is 0 Å². The van der Waals surface area contributed by atoms with Crippen LogP contribution >= 0.6 is 0 Å². The number of nitrogens with zero attached hydrogens (tertiary/aromatic N) is 4. The van der Waals surface area contributed by atoms with Gasteiger partial charge in [0.2, 0.25) is 11.8 Å². The van der Waals surface area contributed by atoms with Crippen LogP contribution in [0.4, 0.5) is 9.59 Å². The van der Waals surface area contributed by atoms with Gasteiger partial charge >= 0.3 is 12.2 Å². The fourth-order valence-electron chi connectivity index (χ4n) is 10.4. The highest BCUT2D eigenvalue weighted by molar-refractivity contribution is 6.00. The normalized spacial score (nSPS) is 12.7. The number of rotatable bonds is 23. The van der Waals surface area contributed by atoms with E-state index in [2.05, 4.69) is 145 Å². The summed E-state index contributed by atoms with van der Waals surface area (Å²) in [4.78, 5) is 90.7. The number of alkyl carbamates (subject to hydrolysis) is 2. The number of ketones is 1. The minimum atomic E-state index is -0.775. The highest BCUT2D eigenvalue weighted by Crippen LogP contribution is 2.28. The SMILES string of the molecule is CC(=O)N[C@H](c1ncc(-c2ccccc2)[nH]1)C(C)C.CC(C)C(NC(=O)OC(C)(C)C)C(=O)NCC(=O)c1ccccc1.CC(C)[C@H](NC(=O)OC(C)(C)C)c1ncc(-c2ccccc2)[nH]1.CCN[C@H](c1ncc(-c2ccccc2)[nH]1)C(C)C.CN[C@H](c1ncc(-c2ccccc2)[nH]1)C(C)C. The molecule has 9 aromatic rings. The molecular weight excluding hydrogens is 1270 g/mol. The Morgan fingerprint density at radius 3 is 1.02 bits per heavy atom. The Morgan fingerprint density at radius 2 is 0.723 bits per heavy atom. The fourth-order valence-corrected chi connectivity index (χ4v) is 10.4. The van der Waals surface area contributed by atoms with Crippen molar-refractivity contribution in [2.24, 2.45) is 29.6 Å². The van der Waals surface area contributed by atoms with E-state index in [1.165, 1.54) is 18.1 Å². The molecule has 0 aliphatic rings. The molecule has 9 rings (SSSR count). The molecule has 542 valence electrons. The van der Waals surface area contributed by atoms with E-state index in [-0.39, 0.29) is 60.2 Å². The van der Waals surface area contributed by atoms with Crippen molar-refractivity contribution in [3.05, 3.63) is 205 Å². The number of Topliss-reactive ketones (excluding diaryl/α,β-unsaturated/α-hetero) is 1. The number of imidazole rings is 4. The first kappa shape index (κ1) is 81.7. The van der Waals surface area contributed by atoms with Crippen molar-refractivity contribution in [2.75, 3.05) is 20.1 Å². The number of carbonyl (C=O) groups excluding carboxylic acids is 5. The maximum atomic E-state index is 12.3. The first-order valence-corrected chi connectivity index (χ1v) is 34.8. The highest BCUT2D eigenvalue weighted by Gasteiger charge is 2.29. The molecular formula is C80H110N14O7. The number of hydrogen-bond acceptors (Lipinski definition) is 13. The van der Waals surface area contributed by atoms with Crippen LogP contribution < -0.4 is 31.9 Å². The van der Waals surface area contributed by atoms with Crippen LogP contribution in [0, 0.1) is 29.6 Å². The largest absolute Gasteiger partial charge is 0.444 e. The number of hydrogen-bond donors (Lipinski definition) is 10. The quantitative estimate of drug-likeness (QED) is 0.0267. The van der Waals surface area contributed by atoms with Crippen molar-refractivity contribution in [3.63, 3.8) is 0 Å². The van der Waals surface area contributed by atoms with Crippen LogP contribution in [0.5, 0.6) is 0 Å². The summed E-state index contributed by atoms with van der Waals surface area (Å²) in [5.74, 6) is 4.22. The van der Waals surface area contributed by atoms with E-state index in [1.54, 1.807) is 65.1 Å². The predicted octanol–water partition coefficient (Wildman–Crippen LogP) is 16.1. The number of nitrogens with one attached hydrogen (secondary N) is 10. The lowest BCUT2D eigenvalue weighted by Gasteiger charge is -2.25. The second kappa shape index (κ2) is 40.3. The first-order valence-electron chi connectivity index (χ1n) is 34.8. The molecule has 0 saturated heterocycles. The van der Waals surface area contributed by atoms with Crippen molar-refractivity contribution in [1.29, 1.82) is 0 Å². The topological polar surface area (TPSA) is 291 Å². The van der Waals surface area contributed by atoms with Crippen LogP contribution in [0.1, 0.15) is 182 Å². The summed E-state index contributed by atoms with van der Waals surface area (Å²) in [6, 6.07) is 48.7. The van der Waals surface area contributed by atoms with Crippen molar-refractivity contribution >= 4 is 29.8 Å². The summed E-state index contributed by atoms with van der Waals surface area (Å²) in [5.41, 5.74) is 7.89. The van der Waals surface area contributed by atoms with E-state index in [1.807, 2.05) is 163 Å². The molecule has 10 N–H and O–H groups in total. The number of aromatic amines is 4. The summed E-state index contributed by atoms with van der Waals surface area (Å²) >= 11 is 0. The average molecular weight is 1380 g/mol. The van der Waals surface area contributed by atoms with Crippen LogP contribution in [0.15, 0.2) is 176 Å². The van der Waals surface area contributed by atoms with Gasteiger partial charge in [0.05, 0.1) is 78.3 Å². The lowest BCUT2D eigenvalue weighted by Crippen LogP contribution is -2.51. The Labute approximate surface area is 598 Å². The molecule has 0 aliphatic heterocycles. The maximum Gasteiger partial charge on any atom is 0.408 e. The van der Waals surface area contributed by atoms with Crippen LogP contribution in [-0.4, -0.2) is 107 Å². The smallest absolute Gasteiger partial charge is 0.408 e. The summed E-state index contributed by atoms with van der Waals surface area (Å²) in [6.45, 7) is 35.8. The Bertz CT molecular complexity index is 3870. The van der Waals surface area contributed by atoms with Gasteiger partial charge in [0, 0.05) is 12.5 Å². The molecule has 0 aliphatic carbocycles. The molecule has 4 amide bonds. The summed E-state index contributed by atoms with van der Waals surface area (Å²) < 4.78 is 10.5. The molecule has 1 unspecified atom stereocenters. The van der Waals surface area contributed by atoms with Crippen LogP contribution in [0.3, 0.4) is 0 Å². The predicted molar refractivity (Wildman–Crippen MR) is 404 cm³/mol. The average Bonchev–Trinajstić information content (AvgIpc) is 1.73. The Hall–Kier alpha value is -9.99. The Kier molecular flexibility index (Phi) is 32.6. The monoisotopic (exact) mass is 1380 g/mol. The Balaban J connectivity index is 0.000000229. The van der Waals surface area contributed by atoms with E-state index < -0.39 is 35.3 Å². The van der Waals surface area contributed by atoms with Gasteiger partial charge in [0.15, 0.2) is 5.78 Å². The number of H-pyrrole nitrogens is 4. The standard InChI is InChI=1S/C18H25N3O2.C18H26N2O4.C15H19N3O.C15H21N3.C14H19N3/c1-12(2)15(21-17(22)23-18(3,4)5)16-19-11-14(20-16)13-9-7-6-8-10-13;1-12(2)15(20-17(23)24-18(3,4)5)16(22)19-11-14(21)13-9-7-6-8-10-13;1-10(2)14(17-11(3)19)15-16-9-13(18-15)12-7-5-4-6-8-12;1-4-16-14(11(2)3)15-17-10-13(18-15)12-8-6-5-7-9-12;1-10(2)13(15-3)14-16-9-12(17-14)11-7-5-4-6-8-11/h6-12,15H,1-5H3,(H,19,20)(H,21,22);6-10,12,15H,11H2,1-5H3,(H,19,22)(H,20,23);4-10,14H,1-3H3,(H,16,18)(H,17,19);5-11,14,16H,4H2,1-3H3,(H,17,18);4-10,13,15H,1-3H3,(H,16,17)/t15-;;2*14-;13-/m0.000/s1. The summed E-state index contributed by atoms with van der Waals surface area (Å²) in [6.07, 6.45) is 6.31. The van der Waals surface area contributed by atoms with E-state index in [4.69, 9.17) is 9.47 Å². The molecule has 0 bridgehead atoms. The molecule has 21 nitrogen and oxygen atoms in total. The highest BCUT2D eigenvalue weighted by atomic mass is 16.6. The molecule has 0 radical (unpaired) electrons. The molecule has 5 atom stereocenters. The van der Waals surface area contributed by atoms with Crippen LogP contribution in [0.2, 0.25) is 0 Å². The van der Waals surface area contributed by atoms with Crippen LogP contribution in [0.25, 0.3) is 45.0 Å². The summed E-state index contributed by atoms with van der Waals surface area (Å²) in [5, 5.41) is 17.7. The van der Waals surface area contributed by atoms with Gasteiger partial charge in [-0.05, 0) is 107 Å². The van der Waals surface area contributed by atoms with Crippen molar-refractivity contribution in [3.8, 4) is 45.0 Å². The van der Waals surface area contributed by atoms with E-state index in [0.29, 0.717) is 17.4 Å². The van der Waals surface area contributed by atoms with Gasteiger partial charge in [0.1, 0.15) is 40.5 Å². The first-order chi connectivity index (χ1) is 47.9. The zero-order valence-corrected chi connectivity index (χ0v) is 62.6. The number of benzene rings is 5. The third-order valence-corrected chi connectivity index (χ3v) is 15.5. The lowest BCUT2D eigenvalue weighted by molar-refractivity contribution is -0.124. The number of aromatic nitrogens is 8. The zero-order valence-electron chi connectivity index (χ0n) is 62.6. The fraction of sp³-hybridized carbons (Fsp3) is 0.412.